The van der Waals surface area contributed by atoms with Crippen LogP contribution in [0.3, 0.4) is 0 Å². The normalized spacial score (nSPS) is 10.5. The van der Waals surface area contributed by atoms with Crippen LogP contribution in [0, 0.1) is 5.82 Å². The average Bonchev–Trinajstić information content (AvgIpc) is 2.42. The molecule has 0 heterocycles. The van der Waals surface area contributed by atoms with Gasteiger partial charge in [-0.25, -0.2) is 4.39 Å². The van der Waals surface area contributed by atoms with E-state index < -0.39 is 0 Å². The summed E-state index contributed by atoms with van der Waals surface area (Å²) in [6, 6.07) is 17.3. The maximum atomic E-state index is 13.3. The Morgan fingerprint density at radius 3 is 2.39 bits per heavy atom. The van der Waals surface area contributed by atoms with Crippen molar-refractivity contribution in [1.82, 2.24) is 5.32 Å². The Bertz CT molecular complexity index is 468. The molecule has 0 atom stereocenters. The van der Waals surface area contributed by atoms with Gasteiger partial charge in [-0.3, -0.25) is 0 Å². The van der Waals surface area contributed by atoms with Crippen LogP contribution < -0.4 is 5.32 Å². The van der Waals surface area contributed by atoms with Gasteiger partial charge in [0.05, 0.1) is 0 Å². The molecule has 0 aliphatic rings. The molecule has 0 fully saturated rings. The molecule has 0 unspecified atom stereocenters. The molecule has 0 aliphatic heterocycles. The van der Waals surface area contributed by atoms with Crippen LogP contribution in [0.5, 0.6) is 0 Å². The Hall–Kier alpha value is -1.67. The second-order valence-corrected chi connectivity index (χ2v) is 4.36. The van der Waals surface area contributed by atoms with E-state index in [1.807, 2.05) is 18.2 Å². The smallest absolute Gasteiger partial charge is 0.127 e. The minimum Gasteiger partial charge on any atom is -0.313 e. The van der Waals surface area contributed by atoms with E-state index in [1.54, 1.807) is 6.07 Å². The van der Waals surface area contributed by atoms with Gasteiger partial charge in [-0.15, -0.1) is 0 Å². The van der Waals surface area contributed by atoms with E-state index in [9.17, 15) is 4.39 Å². The van der Waals surface area contributed by atoms with E-state index in [4.69, 9.17) is 0 Å². The molecule has 94 valence electrons. The molecule has 0 saturated heterocycles. The van der Waals surface area contributed by atoms with Crippen LogP contribution in [0.1, 0.15) is 17.5 Å². The van der Waals surface area contributed by atoms with Crippen LogP contribution in [0.4, 0.5) is 4.39 Å². The van der Waals surface area contributed by atoms with Gasteiger partial charge in [0, 0.05) is 12.1 Å². The molecule has 0 bridgehead atoms. The second kappa shape index (κ2) is 6.92. The molecule has 2 heteroatoms. The van der Waals surface area contributed by atoms with Gasteiger partial charge in [0.2, 0.25) is 0 Å². The number of halogens is 1. The van der Waals surface area contributed by atoms with Gasteiger partial charge in [-0.05, 0) is 31.0 Å². The predicted octanol–water partition coefficient (Wildman–Crippen LogP) is 3.55. The minimum absolute atomic E-state index is 0.131. The molecule has 0 amide bonds. The van der Waals surface area contributed by atoms with Crippen molar-refractivity contribution in [3.8, 4) is 0 Å². The Kier molecular flexibility index (Phi) is 4.91. The summed E-state index contributed by atoms with van der Waals surface area (Å²) >= 11 is 0. The van der Waals surface area contributed by atoms with Gasteiger partial charge in [0.25, 0.3) is 0 Å². The van der Waals surface area contributed by atoms with E-state index in [0.717, 1.165) is 24.9 Å². The van der Waals surface area contributed by atoms with Crippen LogP contribution in [0.2, 0.25) is 0 Å². The van der Waals surface area contributed by atoms with E-state index in [-0.39, 0.29) is 5.82 Å². The second-order valence-electron chi connectivity index (χ2n) is 4.36. The fourth-order valence-corrected chi connectivity index (χ4v) is 1.93. The van der Waals surface area contributed by atoms with Gasteiger partial charge in [0.1, 0.15) is 5.82 Å². The fraction of sp³-hybridized carbons (Fsp3) is 0.250. The van der Waals surface area contributed by atoms with Crippen molar-refractivity contribution in [2.75, 3.05) is 6.54 Å². The van der Waals surface area contributed by atoms with Crippen LogP contribution in [0.15, 0.2) is 54.6 Å². The molecule has 18 heavy (non-hydrogen) atoms. The molecule has 0 saturated carbocycles. The number of hydrogen-bond acceptors (Lipinski definition) is 1. The number of rotatable bonds is 6. The molecule has 2 aromatic rings. The largest absolute Gasteiger partial charge is 0.313 e. The third-order valence-corrected chi connectivity index (χ3v) is 2.94. The summed E-state index contributed by atoms with van der Waals surface area (Å²) in [7, 11) is 0. The summed E-state index contributed by atoms with van der Waals surface area (Å²) in [5.74, 6) is -0.131. The summed E-state index contributed by atoms with van der Waals surface area (Å²) in [6.45, 7) is 1.50. The lowest BCUT2D eigenvalue weighted by atomic mass is 10.1. The number of hydrogen-bond donors (Lipinski definition) is 1. The van der Waals surface area contributed by atoms with Gasteiger partial charge < -0.3 is 5.32 Å². The lowest BCUT2D eigenvalue weighted by Crippen LogP contribution is -2.16. The molecule has 1 N–H and O–H groups in total. The van der Waals surface area contributed by atoms with Crippen molar-refractivity contribution in [1.29, 1.82) is 0 Å². The van der Waals surface area contributed by atoms with Crippen molar-refractivity contribution in [2.45, 2.75) is 19.4 Å². The topological polar surface area (TPSA) is 12.0 Å². The molecule has 1 nitrogen and oxygen atoms in total. The van der Waals surface area contributed by atoms with Gasteiger partial charge in [-0.1, -0.05) is 48.5 Å². The van der Waals surface area contributed by atoms with E-state index in [2.05, 4.69) is 29.6 Å². The highest BCUT2D eigenvalue weighted by Gasteiger charge is 1.99. The third kappa shape index (κ3) is 3.97. The molecular formula is C16H18FN. The first-order valence-corrected chi connectivity index (χ1v) is 6.34. The first kappa shape index (κ1) is 12.8. The summed E-state index contributed by atoms with van der Waals surface area (Å²) < 4.78 is 13.3. The standard InChI is InChI=1S/C16H18FN/c17-16-11-5-4-10-15(16)13-18-12-6-9-14-7-2-1-3-8-14/h1-5,7-8,10-11,18H,6,9,12-13H2. The first-order valence-electron chi connectivity index (χ1n) is 6.34. The minimum atomic E-state index is -0.131. The van der Waals surface area contributed by atoms with Crippen molar-refractivity contribution in [3.63, 3.8) is 0 Å². The SMILES string of the molecule is Fc1ccccc1CNCCCc1ccccc1. The molecule has 0 aliphatic carbocycles. The maximum absolute atomic E-state index is 13.3. The average molecular weight is 243 g/mol. The van der Waals surface area contributed by atoms with Crippen LogP contribution in [-0.4, -0.2) is 6.54 Å². The number of aryl methyl sites for hydroxylation is 1. The molecule has 2 aromatic carbocycles. The molecule has 2 rings (SSSR count). The first-order chi connectivity index (χ1) is 8.86. The molecular weight excluding hydrogens is 225 g/mol. The molecule has 0 aromatic heterocycles. The van der Waals surface area contributed by atoms with Crippen LogP contribution in [0.25, 0.3) is 0 Å². The Labute approximate surface area is 108 Å². The van der Waals surface area contributed by atoms with Crippen LogP contribution >= 0.6 is 0 Å². The summed E-state index contributed by atoms with van der Waals surface area (Å²) in [4.78, 5) is 0. The number of benzene rings is 2. The zero-order chi connectivity index (χ0) is 12.6. The third-order valence-electron chi connectivity index (χ3n) is 2.94. The zero-order valence-electron chi connectivity index (χ0n) is 10.4. The van der Waals surface area contributed by atoms with E-state index in [1.165, 1.54) is 11.6 Å². The quantitative estimate of drug-likeness (QED) is 0.765. The number of nitrogens with one attached hydrogen (secondary N) is 1. The van der Waals surface area contributed by atoms with Gasteiger partial charge in [-0.2, -0.15) is 0 Å². The van der Waals surface area contributed by atoms with Gasteiger partial charge in [0.15, 0.2) is 0 Å². The van der Waals surface area contributed by atoms with Crippen molar-refractivity contribution < 1.29 is 4.39 Å². The lowest BCUT2D eigenvalue weighted by molar-refractivity contribution is 0.582. The van der Waals surface area contributed by atoms with Crippen LogP contribution in [-0.2, 0) is 13.0 Å². The monoisotopic (exact) mass is 243 g/mol. The van der Waals surface area contributed by atoms with E-state index >= 15 is 0 Å². The van der Waals surface area contributed by atoms with Crippen molar-refractivity contribution in [2.24, 2.45) is 0 Å². The van der Waals surface area contributed by atoms with E-state index in [0.29, 0.717) is 6.54 Å². The highest BCUT2D eigenvalue weighted by Crippen LogP contribution is 2.06. The Balaban J connectivity index is 1.66. The summed E-state index contributed by atoms with van der Waals surface area (Å²) in [5.41, 5.74) is 2.09. The van der Waals surface area contributed by atoms with Crippen molar-refractivity contribution in [3.05, 3.63) is 71.5 Å². The fourth-order valence-electron chi connectivity index (χ4n) is 1.93. The maximum Gasteiger partial charge on any atom is 0.127 e. The Morgan fingerprint density at radius 1 is 0.889 bits per heavy atom. The van der Waals surface area contributed by atoms with Crippen molar-refractivity contribution >= 4 is 0 Å². The summed E-state index contributed by atoms with van der Waals surface area (Å²) in [5, 5.41) is 3.27. The molecule has 0 spiro atoms. The highest BCUT2D eigenvalue weighted by atomic mass is 19.1. The Morgan fingerprint density at radius 2 is 1.61 bits per heavy atom. The molecule has 0 radical (unpaired) electrons. The lowest BCUT2D eigenvalue weighted by Gasteiger charge is -2.06. The van der Waals surface area contributed by atoms with Gasteiger partial charge >= 0.3 is 0 Å². The predicted molar refractivity (Wildman–Crippen MR) is 72.9 cm³/mol. The summed E-state index contributed by atoms with van der Waals surface area (Å²) in [6.07, 6.45) is 2.13. The highest BCUT2D eigenvalue weighted by molar-refractivity contribution is 5.17. The zero-order valence-corrected chi connectivity index (χ0v) is 10.4.